The smallest absolute Gasteiger partial charge is 0.129 e. The molecule has 0 saturated heterocycles. The van der Waals surface area contributed by atoms with Gasteiger partial charge >= 0.3 is 0 Å². The quantitative estimate of drug-likeness (QED) is 0.738. The molecule has 0 amide bonds. The van der Waals surface area contributed by atoms with Crippen LogP contribution in [0.25, 0.3) is 10.9 Å². The molecular weight excluding hydrogens is 316 g/mol. The third-order valence-electron chi connectivity index (χ3n) is 3.06. The number of rotatable bonds is 3. The van der Waals surface area contributed by atoms with E-state index in [0.717, 1.165) is 26.9 Å². The molecule has 3 aromatic rings. The number of para-hydroxylation sites is 1. The van der Waals surface area contributed by atoms with Gasteiger partial charge in [-0.1, -0.05) is 12.1 Å². The molecule has 0 N–H and O–H groups in total. The van der Waals surface area contributed by atoms with Crippen LogP contribution in [0.5, 0.6) is 0 Å². The van der Waals surface area contributed by atoms with Crippen molar-refractivity contribution in [2.45, 2.75) is 6.54 Å². The van der Waals surface area contributed by atoms with Gasteiger partial charge in [-0.15, -0.1) is 0 Å². The van der Waals surface area contributed by atoms with E-state index < -0.39 is 0 Å². The number of anilines is 1. The number of pyridine rings is 1. The van der Waals surface area contributed by atoms with E-state index >= 15 is 0 Å². The lowest BCUT2D eigenvalue weighted by Crippen LogP contribution is -2.18. The first-order chi connectivity index (χ1) is 9.74. The zero-order chi connectivity index (χ0) is 13.9. The average Bonchev–Trinajstić information content (AvgIpc) is 2.48. The van der Waals surface area contributed by atoms with Crippen LogP contribution in [0.2, 0.25) is 0 Å². The molecule has 0 aliphatic carbocycles. The number of nitrogens with zero attached hydrogens (tertiary/aromatic N) is 4. The predicted molar refractivity (Wildman–Crippen MR) is 83.6 cm³/mol. The Kier molecular flexibility index (Phi) is 3.60. The molecule has 2 heterocycles. The summed E-state index contributed by atoms with van der Waals surface area (Å²) in [4.78, 5) is 15.1. The van der Waals surface area contributed by atoms with Crippen molar-refractivity contribution in [2.75, 3.05) is 11.9 Å². The number of benzene rings is 1. The summed E-state index contributed by atoms with van der Waals surface area (Å²) in [7, 11) is 2.00. The van der Waals surface area contributed by atoms with Gasteiger partial charge in [-0.25, -0.2) is 4.98 Å². The summed E-state index contributed by atoms with van der Waals surface area (Å²) < 4.78 is 1.00. The van der Waals surface area contributed by atoms with Crippen molar-refractivity contribution in [3.8, 4) is 0 Å². The number of hydrogen-bond acceptors (Lipinski definition) is 4. The molecule has 0 bridgehead atoms. The van der Waals surface area contributed by atoms with Crippen molar-refractivity contribution in [3.63, 3.8) is 0 Å². The fourth-order valence-corrected chi connectivity index (χ4v) is 2.52. The highest BCUT2D eigenvalue weighted by Gasteiger charge is 2.07. The zero-order valence-electron chi connectivity index (χ0n) is 11.0. The van der Waals surface area contributed by atoms with Gasteiger partial charge in [-0.3, -0.25) is 9.97 Å². The van der Waals surface area contributed by atoms with Crippen molar-refractivity contribution in [1.29, 1.82) is 0 Å². The van der Waals surface area contributed by atoms with E-state index in [1.807, 2.05) is 25.2 Å². The molecule has 2 aromatic heterocycles. The van der Waals surface area contributed by atoms with Crippen molar-refractivity contribution in [3.05, 3.63) is 59.1 Å². The van der Waals surface area contributed by atoms with Crippen LogP contribution in [-0.4, -0.2) is 22.0 Å². The average molecular weight is 329 g/mol. The lowest BCUT2D eigenvalue weighted by atomic mass is 10.2. The standard InChI is InChI=1S/C15H13BrN4/c1-20(10-12-9-17-7-8-18-12)14-6-5-11-3-2-4-13(16)15(11)19-14/h2-9H,10H2,1H3. The minimum absolute atomic E-state index is 0.677. The Morgan fingerprint density at radius 2 is 2.05 bits per heavy atom. The molecule has 0 radical (unpaired) electrons. The fraction of sp³-hybridized carbons (Fsp3) is 0.133. The third kappa shape index (κ3) is 2.63. The zero-order valence-corrected chi connectivity index (χ0v) is 12.6. The normalized spacial score (nSPS) is 10.7. The van der Waals surface area contributed by atoms with Crippen molar-refractivity contribution in [1.82, 2.24) is 15.0 Å². The van der Waals surface area contributed by atoms with Crippen LogP contribution in [0.3, 0.4) is 0 Å². The number of hydrogen-bond donors (Lipinski definition) is 0. The minimum atomic E-state index is 0.677. The molecule has 0 aliphatic rings. The molecule has 20 heavy (non-hydrogen) atoms. The molecule has 5 heteroatoms. The minimum Gasteiger partial charge on any atom is -0.354 e. The summed E-state index contributed by atoms with van der Waals surface area (Å²) >= 11 is 3.54. The molecule has 100 valence electrons. The predicted octanol–water partition coefficient (Wildman–Crippen LogP) is 3.42. The van der Waals surface area contributed by atoms with Gasteiger partial charge in [-0.05, 0) is 34.1 Å². The van der Waals surface area contributed by atoms with Crippen LogP contribution in [0.1, 0.15) is 5.69 Å². The number of aromatic nitrogens is 3. The van der Waals surface area contributed by atoms with Crippen LogP contribution < -0.4 is 4.90 Å². The number of fused-ring (bicyclic) bond motifs is 1. The van der Waals surface area contributed by atoms with Crippen LogP contribution in [0.15, 0.2) is 53.4 Å². The second kappa shape index (κ2) is 5.54. The van der Waals surface area contributed by atoms with Gasteiger partial charge in [0.05, 0.1) is 24.0 Å². The molecule has 0 fully saturated rings. The Morgan fingerprint density at radius 3 is 2.85 bits per heavy atom. The topological polar surface area (TPSA) is 41.9 Å². The first kappa shape index (κ1) is 13.0. The van der Waals surface area contributed by atoms with E-state index in [1.54, 1.807) is 18.6 Å². The highest BCUT2D eigenvalue weighted by molar-refractivity contribution is 9.10. The highest BCUT2D eigenvalue weighted by atomic mass is 79.9. The molecule has 0 aliphatic heterocycles. The van der Waals surface area contributed by atoms with Gasteiger partial charge in [0.25, 0.3) is 0 Å². The van der Waals surface area contributed by atoms with Crippen LogP contribution in [0, 0.1) is 0 Å². The van der Waals surface area contributed by atoms with Gasteiger partial charge in [0, 0.05) is 29.3 Å². The first-order valence-corrected chi connectivity index (χ1v) is 7.04. The number of halogens is 1. The monoisotopic (exact) mass is 328 g/mol. The maximum atomic E-state index is 4.70. The maximum Gasteiger partial charge on any atom is 0.129 e. The Bertz CT molecular complexity index is 730. The van der Waals surface area contributed by atoms with E-state index in [0.29, 0.717) is 6.54 Å². The van der Waals surface area contributed by atoms with Crippen molar-refractivity contribution >= 4 is 32.7 Å². The van der Waals surface area contributed by atoms with E-state index in [1.165, 1.54) is 0 Å². The second-order valence-electron chi connectivity index (χ2n) is 4.53. The van der Waals surface area contributed by atoms with E-state index in [2.05, 4.69) is 42.9 Å². The van der Waals surface area contributed by atoms with Crippen molar-refractivity contribution in [2.24, 2.45) is 0 Å². The Balaban J connectivity index is 1.92. The third-order valence-corrected chi connectivity index (χ3v) is 3.70. The van der Waals surface area contributed by atoms with Gasteiger partial charge in [-0.2, -0.15) is 0 Å². The van der Waals surface area contributed by atoms with Crippen molar-refractivity contribution < 1.29 is 0 Å². The molecule has 0 unspecified atom stereocenters. The molecule has 3 rings (SSSR count). The van der Waals surface area contributed by atoms with Gasteiger partial charge in [0.15, 0.2) is 0 Å². The SMILES string of the molecule is CN(Cc1cnccn1)c1ccc2cccc(Br)c2n1. The Labute approximate surface area is 125 Å². The molecule has 0 saturated carbocycles. The summed E-state index contributed by atoms with van der Waals surface area (Å²) in [5.74, 6) is 0.912. The lowest BCUT2D eigenvalue weighted by Gasteiger charge is -2.18. The molecule has 0 spiro atoms. The molecular formula is C15H13BrN4. The van der Waals surface area contributed by atoms with E-state index in [-0.39, 0.29) is 0 Å². The maximum absolute atomic E-state index is 4.70. The summed E-state index contributed by atoms with van der Waals surface area (Å²) in [6.07, 6.45) is 5.15. The summed E-state index contributed by atoms with van der Waals surface area (Å²) in [5, 5.41) is 1.12. The molecule has 0 atom stereocenters. The summed E-state index contributed by atoms with van der Waals surface area (Å²) in [5.41, 5.74) is 1.89. The largest absolute Gasteiger partial charge is 0.354 e. The molecule has 1 aromatic carbocycles. The van der Waals surface area contributed by atoms with Crippen LogP contribution in [0.4, 0.5) is 5.82 Å². The molecule has 4 nitrogen and oxygen atoms in total. The first-order valence-electron chi connectivity index (χ1n) is 6.25. The fourth-order valence-electron chi connectivity index (χ4n) is 2.05. The van der Waals surface area contributed by atoms with E-state index in [4.69, 9.17) is 4.98 Å². The second-order valence-corrected chi connectivity index (χ2v) is 5.39. The van der Waals surface area contributed by atoms with Crippen LogP contribution in [-0.2, 0) is 6.54 Å². The van der Waals surface area contributed by atoms with E-state index in [9.17, 15) is 0 Å². The lowest BCUT2D eigenvalue weighted by molar-refractivity contribution is 0.859. The Morgan fingerprint density at radius 1 is 1.15 bits per heavy atom. The Hall–Kier alpha value is -2.01. The summed E-state index contributed by atoms with van der Waals surface area (Å²) in [6, 6.07) is 10.2. The summed E-state index contributed by atoms with van der Waals surface area (Å²) in [6.45, 7) is 0.677. The van der Waals surface area contributed by atoms with Gasteiger partial charge in [0.2, 0.25) is 0 Å². The van der Waals surface area contributed by atoms with Gasteiger partial charge in [0.1, 0.15) is 5.82 Å². The highest BCUT2D eigenvalue weighted by Crippen LogP contribution is 2.24. The van der Waals surface area contributed by atoms with Crippen LogP contribution >= 0.6 is 15.9 Å². The van der Waals surface area contributed by atoms with Gasteiger partial charge < -0.3 is 4.90 Å².